The topological polar surface area (TPSA) is 100 Å². The molecule has 0 bridgehead atoms. The third-order valence-corrected chi connectivity index (χ3v) is 5.62. The highest BCUT2D eigenvalue weighted by Crippen LogP contribution is 2.34. The second-order valence-electron chi connectivity index (χ2n) is 7.95. The maximum absolute atomic E-state index is 13.6. The molecule has 2 aromatic heterocycles. The van der Waals surface area contributed by atoms with E-state index in [9.17, 15) is 14.0 Å². The van der Waals surface area contributed by atoms with Gasteiger partial charge >= 0.3 is 5.97 Å². The van der Waals surface area contributed by atoms with Crippen molar-refractivity contribution >= 4 is 11.9 Å². The molecule has 33 heavy (non-hydrogen) atoms. The standard InChI is InChI=1S/C23H26FN5O4/c1-14(13-32-2)26-23-25-11-10-17(27-23)20-19(15-6-8-16(24)9-7-15)21(30)29-18(22(31)33-3)5-4-12-28(20)29/h6-11,14,18H,4-5,12-13H2,1-3H3,(H,25,26,27)/t14-,18?/m0/s1. The zero-order valence-corrected chi connectivity index (χ0v) is 18.7. The van der Waals surface area contributed by atoms with Crippen molar-refractivity contribution in [1.29, 1.82) is 0 Å². The molecule has 2 atom stereocenters. The maximum atomic E-state index is 13.6. The van der Waals surface area contributed by atoms with Crippen molar-refractivity contribution in [3.63, 3.8) is 0 Å². The van der Waals surface area contributed by atoms with E-state index in [4.69, 9.17) is 9.47 Å². The number of methoxy groups -OCH3 is 2. The fraction of sp³-hybridized carbons (Fsp3) is 0.391. The molecule has 10 heteroatoms. The minimum absolute atomic E-state index is 0.0313. The van der Waals surface area contributed by atoms with Gasteiger partial charge in [0.15, 0.2) is 6.04 Å². The minimum atomic E-state index is -0.745. The van der Waals surface area contributed by atoms with Gasteiger partial charge in [0.1, 0.15) is 5.82 Å². The SMILES string of the molecule is COC[C@H](C)Nc1nccc(-c2c(-c3ccc(F)cc3)c(=O)n3n2CCCC3C(=O)OC)n1. The molecular formula is C23H26FN5O4. The van der Waals surface area contributed by atoms with Crippen molar-refractivity contribution in [2.24, 2.45) is 0 Å². The quantitative estimate of drug-likeness (QED) is 0.547. The summed E-state index contributed by atoms with van der Waals surface area (Å²) in [6, 6.07) is 6.64. The maximum Gasteiger partial charge on any atom is 0.330 e. The molecule has 174 valence electrons. The Morgan fingerprint density at radius 3 is 2.73 bits per heavy atom. The van der Waals surface area contributed by atoms with Crippen molar-refractivity contribution < 1.29 is 18.7 Å². The van der Waals surface area contributed by atoms with Crippen LogP contribution in [-0.2, 0) is 20.8 Å². The van der Waals surface area contributed by atoms with Crippen molar-refractivity contribution in [3.8, 4) is 22.5 Å². The molecule has 1 aliphatic rings. The Balaban J connectivity index is 1.92. The van der Waals surface area contributed by atoms with Crippen molar-refractivity contribution in [2.75, 3.05) is 26.1 Å². The number of carbonyl (C=O) groups is 1. The van der Waals surface area contributed by atoms with E-state index in [2.05, 4.69) is 15.3 Å². The van der Waals surface area contributed by atoms with Crippen LogP contribution in [0.15, 0.2) is 41.3 Å². The monoisotopic (exact) mass is 455 g/mol. The van der Waals surface area contributed by atoms with Gasteiger partial charge in [0, 0.05) is 25.9 Å². The van der Waals surface area contributed by atoms with Gasteiger partial charge in [-0.05, 0) is 43.5 Å². The van der Waals surface area contributed by atoms with Crippen LogP contribution in [0, 0.1) is 5.82 Å². The van der Waals surface area contributed by atoms with E-state index < -0.39 is 17.8 Å². The van der Waals surface area contributed by atoms with Crippen LogP contribution < -0.4 is 10.9 Å². The summed E-state index contributed by atoms with van der Waals surface area (Å²) in [5.74, 6) is -0.501. The lowest BCUT2D eigenvalue weighted by atomic mass is 10.0. The van der Waals surface area contributed by atoms with Gasteiger partial charge in [-0.1, -0.05) is 12.1 Å². The second kappa shape index (κ2) is 9.53. The molecule has 9 nitrogen and oxygen atoms in total. The van der Waals surface area contributed by atoms with Crippen LogP contribution in [0.2, 0.25) is 0 Å². The third kappa shape index (κ3) is 4.38. The Kier molecular flexibility index (Phi) is 6.55. The molecule has 3 heterocycles. The molecule has 1 aromatic carbocycles. The first-order valence-corrected chi connectivity index (χ1v) is 10.7. The number of anilines is 1. The minimum Gasteiger partial charge on any atom is -0.467 e. The highest BCUT2D eigenvalue weighted by molar-refractivity contribution is 5.81. The van der Waals surface area contributed by atoms with Gasteiger partial charge in [-0.3, -0.25) is 9.48 Å². The highest BCUT2D eigenvalue weighted by Gasteiger charge is 2.34. The zero-order valence-electron chi connectivity index (χ0n) is 18.7. The first-order valence-electron chi connectivity index (χ1n) is 10.7. The molecule has 4 rings (SSSR count). The van der Waals surface area contributed by atoms with Crippen LogP contribution in [-0.4, -0.2) is 52.2 Å². The molecule has 0 aliphatic carbocycles. The summed E-state index contributed by atoms with van der Waals surface area (Å²) in [6.07, 6.45) is 2.78. The molecule has 1 unspecified atom stereocenters. The fourth-order valence-electron chi connectivity index (χ4n) is 4.21. The lowest BCUT2D eigenvalue weighted by molar-refractivity contribution is -0.146. The Hall–Kier alpha value is -3.53. The Labute approximate surface area is 190 Å². The lowest BCUT2D eigenvalue weighted by Gasteiger charge is -2.26. The van der Waals surface area contributed by atoms with Crippen LogP contribution in [0.25, 0.3) is 22.5 Å². The summed E-state index contributed by atoms with van der Waals surface area (Å²) in [7, 11) is 2.92. The summed E-state index contributed by atoms with van der Waals surface area (Å²) < 4.78 is 26.9. The first-order chi connectivity index (χ1) is 15.9. The largest absolute Gasteiger partial charge is 0.467 e. The summed E-state index contributed by atoms with van der Waals surface area (Å²) in [6.45, 7) is 2.93. The number of fused-ring (bicyclic) bond motifs is 1. The summed E-state index contributed by atoms with van der Waals surface area (Å²) in [5, 5.41) is 3.18. The molecule has 0 saturated heterocycles. The molecule has 1 aliphatic heterocycles. The van der Waals surface area contributed by atoms with Gasteiger partial charge in [0.2, 0.25) is 5.95 Å². The van der Waals surface area contributed by atoms with Gasteiger partial charge < -0.3 is 14.8 Å². The molecular weight excluding hydrogens is 429 g/mol. The average Bonchev–Trinajstić information content (AvgIpc) is 3.12. The number of aromatic nitrogens is 4. The molecule has 1 N–H and O–H groups in total. The van der Waals surface area contributed by atoms with E-state index in [0.717, 1.165) is 0 Å². The number of ether oxygens (including phenoxy) is 2. The summed E-state index contributed by atoms with van der Waals surface area (Å²) >= 11 is 0. The number of nitrogens with one attached hydrogen (secondary N) is 1. The molecule has 0 radical (unpaired) electrons. The zero-order chi connectivity index (χ0) is 23.5. The summed E-state index contributed by atoms with van der Waals surface area (Å²) in [5.41, 5.74) is 1.59. The van der Waals surface area contributed by atoms with Crippen LogP contribution in [0.1, 0.15) is 25.8 Å². The Bertz CT molecular complexity index is 1200. The van der Waals surface area contributed by atoms with E-state index >= 15 is 0 Å². The van der Waals surface area contributed by atoms with Crippen LogP contribution in [0.5, 0.6) is 0 Å². The van der Waals surface area contributed by atoms with Crippen LogP contribution in [0.4, 0.5) is 10.3 Å². The van der Waals surface area contributed by atoms with Crippen LogP contribution in [0.3, 0.4) is 0 Å². The lowest BCUT2D eigenvalue weighted by Crippen LogP contribution is -2.37. The van der Waals surface area contributed by atoms with Gasteiger partial charge in [0.25, 0.3) is 5.56 Å². The number of hydrogen-bond acceptors (Lipinski definition) is 7. The summed E-state index contributed by atoms with van der Waals surface area (Å²) in [4.78, 5) is 35.0. The molecule has 0 saturated carbocycles. The van der Waals surface area contributed by atoms with Gasteiger partial charge in [-0.25, -0.2) is 23.8 Å². The van der Waals surface area contributed by atoms with Crippen molar-refractivity contribution in [1.82, 2.24) is 19.3 Å². The van der Waals surface area contributed by atoms with Gasteiger partial charge in [0.05, 0.1) is 30.7 Å². The molecule has 0 spiro atoms. The van der Waals surface area contributed by atoms with Gasteiger partial charge in [-0.2, -0.15) is 0 Å². The predicted octanol–water partition coefficient (Wildman–Crippen LogP) is 2.87. The number of nitrogens with zero attached hydrogens (tertiary/aromatic N) is 4. The van der Waals surface area contributed by atoms with Crippen LogP contribution >= 0.6 is 0 Å². The number of esters is 1. The van der Waals surface area contributed by atoms with E-state index in [-0.39, 0.29) is 11.6 Å². The van der Waals surface area contributed by atoms with E-state index in [1.807, 2.05) is 6.92 Å². The second-order valence-corrected chi connectivity index (χ2v) is 7.95. The third-order valence-electron chi connectivity index (χ3n) is 5.62. The van der Waals surface area contributed by atoms with Crippen molar-refractivity contribution in [2.45, 2.75) is 38.4 Å². The normalized spacial score (nSPS) is 16.2. The molecule has 0 fully saturated rings. The number of halogens is 1. The predicted molar refractivity (Wildman–Crippen MR) is 120 cm³/mol. The number of hydrogen-bond donors (Lipinski definition) is 1. The van der Waals surface area contributed by atoms with Crippen molar-refractivity contribution in [3.05, 3.63) is 52.7 Å². The van der Waals surface area contributed by atoms with Gasteiger partial charge in [-0.15, -0.1) is 0 Å². The highest BCUT2D eigenvalue weighted by atomic mass is 19.1. The van der Waals surface area contributed by atoms with E-state index in [0.29, 0.717) is 54.5 Å². The number of rotatable bonds is 7. The Morgan fingerprint density at radius 1 is 1.27 bits per heavy atom. The molecule has 0 amide bonds. The average molecular weight is 455 g/mol. The smallest absolute Gasteiger partial charge is 0.330 e. The van der Waals surface area contributed by atoms with E-state index in [1.165, 1.54) is 23.9 Å². The number of benzene rings is 1. The fourth-order valence-corrected chi connectivity index (χ4v) is 4.21. The molecule has 3 aromatic rings. The first kappa shape index (κ1) is 22.7. The van der Waals surface area contributed by atoms with E-state index in [1.54, 1.807) is 36.2 Å². The Morgan fingerprint density at radius 2 is 2.03 bits per heavy atom. The number of carbonyl (C=O) groups excluding carboxylic acids is 1.